The first kappa shape index (κ1) is 15.3. The second-order valence-corrected chi connectivity index (χ2v) is 5.19. The van der Waals surface area contributed by atoms with E-state index in [0.29, 0.717) is 5.01 Å². The molecule has 1 amide bonds. The van der Waals surface area contributed by atoms with E-state index in [2.05, 4.69) is 30.9 Å². The average molecular weight is 331 g/mol. The standard InChI is InChI=1S/C10H11ClN6O3S/c1-3-20-10(19)9-16-15-8(21-9)4(2)12-7(18)5-6(11)14-17-13-5/h4H,3H2,1-2H3,(H,12,18)(H,13,14,17). The van der Waals surface area contributed by atoms with Crippen LogP contribution in [0.15, 0.2) is 0 Å². The van der Waals surface area contributed by atoms with E-state index in [9.17, 15) is 9.59 Å². The number of amides is 1. The third-order valence-corrected chi connectivity index (χ3v) is 3.68. The Hall–Kier alpha value is -2.07. The lowest BCUT2D eigenvalue weighted by molar-refractivity contribution is 0.0524. The van der Waals surface area contributed by atoms with Gasteiger partial charge < -0.3 is 10.1 Å². The van der Waals surface area contributed by atoms with Crippen molar-refractivity contribution < 1.29 is 14.3 Å². The summed E-state index contributed by atoms with van der Waals surface area (Å²) < 4.78 is 4.82. The van der Waals surface area contributed by atoms with Gasteiger partial charge in [0.15, 0.2) is 10.8 Å². The van der Waals surface area contributed by atoms with Gasteiger partial charge in [-0.3, -0.25) is 4.79 Å². The molecule has 2 aromatic heterocycles. The number of carbonyl (C=O) groups excluding carboxylic acids is 2. The van der Waals surface area contributed by atoms with Crippen molar-refractivity contribution in [2.75, 3.05) is 6.61 Å². The fourth-order valence-electron chi connectivity index (χ4n) is 1.37. The summed E-state index contributed by atoms with van der Waals surface area (Å²) in [7, 11) is 0. The summed E-state index contributed by atoms with van der Waals surface area (Å²) >= 11 is 6.74. The lowest BCUT2D eigenvalue weighted by Gasteiger charge is -2.08. The molecule has 2 aromatic rings. The van der Waals surface area contributed by atoms with Gasteiger partial charge in [0.1, 0.15) is 5.01 Å². The maximum absolute atomic E-state index is 11.9. The van der Waals surface area contributed by atoms with Crippen LogP contribution in [-0.4, -0.2) is 44.1 Å². The van der Waals surface area contributed by atoms with Crippen LogP contribution < -0.4 is 5.32 Å². The van der Waals surface area contributed by atoms with E-state index in [1.807, 2.05) is 0 Å². The van der Waals surface area contributed by atoms with Gasteiger partial charge in [0.2, 0.25) is 5.01 Å². The van der Waals surface area contributed by atoms with Crippen molar-refractivity contribution >= 4 is 34.8 Å². The average Bonchev–Trinajstić information content (AvgIpc) is 3.07. The molecule has 2 N–H and O–H groups in total. The number of aromatic amines is 1. The van der Waals surface area contributed by atoms with Gasteiger partial charge in [-0.15, -0.1) is 20.4 Å². The molecule has 0 aliphatic carbocycles. The molecule has 0 aromatic carbocycles. The summed E-state index contributed by atoms with van der Waals surface area (Å²) in [6.45, 7) is 3.65. The van der Waals surface area contributed by atoms with Gasteiger partial charge >= 0.3 is 5.97 Å². The minimum atomic E-state index is -0.542. The van der Waals surface area contributed by atoms with Crippen molar-refractivity contribution in [2.45, 2.75) is 19.9 Å². The molecular weight excluding hydrogens is 320 g/mol. The number of halogens is 1. The van der Waals surface area contributed by atoms with Gasteiger partial charge in [-0.1, -0.05) is 22.9 Å². The van der Waals surface area contributed by atoms with Gasteiger partial charge in [-0.05, 0) is 13.8 Å². The van der Waals surface area contributed by atoms with Crippen LogP contribution >= 0.6 is 22.9 Å². The number of rotatable bonds is 5. The molecular formula is C10H11ClN6O3S. The first-order valence-electron chi connectivity index (χ1n) is 5.90. The van der Waals surface area contributed by atoms with Crippen molar-refractivity contribution in [2.24, 2.45) is 0 Å². The third kappa shape index (κ3) is 3.52. The molecule has 0 radical (unpaired) electrons. The first-order valence-corrected chi connectivity index (χ1v) is 7.10. The maximum atomic E-state index is 11.9. The Bertz CT molecular complexity index is 657. The topological polar surface area (TPSA) is 123 Å². The van der Waals surface area contributed by atoms with E-state index >= 15 is 0 Å². The fourth-order valence-corrected chi connectivity index (χ4v) is 2.28. The molecule has 11 heteroatoms. The second-order valence-electron chi connectivity index (χ2n) is 3.82. The predicted molar refractivity (Wildman–Crippen MR) is 73.1 cm³/mol. The highest BCUT2D eigenvalue weighted by Crippen LogP contribution is 2.19. The monoisotopic (exact) mass is 330 g/mol. The zero-order valence-corrected chi connectivity index (χ0v) is 12.7. The molecule has 0 fully saturated rings. The highest BCUT2D eigenvalue weighted by molar-refractivity contribution is 7.13. The molecule has 0 bridgehead atoms. The maximum Gasteiger partial charge on any atom is 0.369 e. The summed E-state index contributed by atoms with van der Waals surface area (Å²) in [5.41, 5.74) is -0.0151. The van der Waals surface area contributed by atoms with Crippen molar-refractivity contribution in [1.29, 1.82) is 0 Å². The molecule has 2 heterocycles. The number of ether oxygens (including phenoxy) is 1. The molecule has 0 aliphatic rings. The second kappa shape index (κ2) is 6.59. The zero-order chi connectivity index (χ0) is 15.4. The van der Waals surface area contributed by atoms with Crippen molar-refractivity contribution in [3.63, 3.8) is 0 Å². The van der Waals surface area contributed by atoms with E-state index in [0.717, 1.165) is 11.3 Å². The Balaban J connectivity index is 2.04. The van der Waals surface area contributed by atoms with E-state index in [1.165, 1.54) is 0 Å². The Kier molecular flexibility index (Phi) is 4.81. The number of esters is 1. The van der Waals surface area contributed by atoms with Crippen LogP contribution in [0.2, 0.25) is 5.15 Å². The molecule has 112 valence electrons. The SMILES string of the molecule is CCOC(=O)c1nnc(C(C)NC(=O)c2n[nH]nc2Cl)s1. The van der Waals surface area contributed by atoms with Gasteiger partial charge in [-0.2, -0.15) is 5.21 Å². The van der Waals surface area contributed by atoms with E-state index in [1.54, 1.807) is 13.8 Å². The van der Waals surface area contributed by atoms with Crippen molar-refractivity contribution in [3.05, 3.63) is 20.9 Å². The number of nitrogens with one attached hydrogen (secondary N) is 2. The van der Waals surface area contributed by atoms with Crippen LogP contribution in [0.1, 0.15) is 45.2 Å². The first-order chi connectivity index (χ1) is 10.0. The Morgan fingerprint density at radius 3 is 2.81 bits per heavy atom. The summed E-state index contributed by atoms with van der Waals surface area (Å²) in [5.74, 6) is -1.05. The highest BCUT2D eigenvalue weighted by Gasteiger charge is 2.21. The lowest BCUT2D eigenvalue weighted by Crippen LogP contribution is -2.27. The zero-order valence-electron chi connectivity index (χ0n) is 11.1. The Labute approximate surface area is 128 Å². The van der Waals surface area contributed by atoms with Crippen LogP contribution in [0.5, 0.6) is 0 Å². The lowest BCUT2D eigenvalue weighted by atomic mass is 10.3. The summed E-state index contributed by atoms with van der Waals surface area (Å²) in [4.78, 5) is 23.4. The third-order valence-electron chi connectivity index (χ3n) is 2.33. The normalized spacial score (nSPS) is 12.0. The molecule has 1 unspecified atom stereocenters. The Morgan fingerprint density at radius 2 is 2.19 bits per heavy atom. The van der Waals surface area contributed by atoms with E-state index in [-0.39, 0.29) is 22.5 Å². The van der Waals surface area contributed by atoms with Crippen LogP contribution in [0.25, 0.3) is 0 Å². The van der Waals surface area contributed by atoms with Gasteiger partial charge in [0.05, 0.1) is 12.6 Å². The van der Waals surface area contributed by atoms with E-state index < -0.39 is 17.9 Å². The molecule has 1 atom stereocenters. The number of H-pyrrole nitrogens is 1. The van der Waals surface area contributed by atoms with Gasteiger partial charge in [0.25, 0.3) is 5.91 Å². The molecule has 0 aliphatic heterocycles. The molecule has 0 saturated heterocycles. The van der Waals surface area contributed by atoms with Crippen molar-refractivity contribution in [1.82, 2.24) is 30.9 Å². The summed E-state index contributed by atoms with van der Waals surface area (Å²) in [5, 5.41) is 20.2. The predicted octanol–water partition coefficient (Wildman–Crippen LogP) is 0.977. The molecule has 9 nitrogen and oxygen atoms in total. The Morgan fingerprint density at radius 1 is 1.43 bits per heavy atom. The van der Waals surface area contributed by atoms with Crippen LogP contribution in [0.3, 0.4) is 0 Å². The van der Waals surface area contributed by atoms with Crippen LogP contribution in [0, 0.1) is 0 Å². The molecule has 2 rings (SSSR count). The van der Waals surface area contributed by atoms with Gasteiger partial charge in [-0.25, -0.2) is 4.79 Å². The van der Waals surface area contributed by atoms with Crippen LogP contribution in [0.4, 0.5) is 0 Å². The number of carbonyl (C=O) groups is 2. The molecule has 0 saturated carbocycles. The minimum absolute atomic E-state index is 0.0151. The highest BCUT2D eigenvalue weighted by atomic mass is 35.5. The van der Waals surface area contributed by atoms with Crippen molar-refractivity contribution in [3.8, 4) is 0 Å². The fraction of sp³-hybridized carbons (Fsp3) is 0.400. The minimum Gasteiger partial charge on any atom is -0.461 e. The van der Waals surface area contributed by atoms with Crippen LogP contribution in [-0.2, 0) is 4.74 Å². The molecule has 0 spiro atoms. The summed E-state index contributed by atoms with van der Waals surface area (Å²) in [6, 6.07) is -0.467. The number of nitrogens with zero attached hydrogens (tertiary/aromatic N) is 4. The quantitative estimate of drug-likeness (QED) is 0.783. The molecule has 21 heavy (non-hydrogen) atoms. The smallest absolute Gasteiger partial charge is 0.369 e. The number of hydrogen-bond acceptors (Lipinski definition) is 8. The number of hydrogen-bond donors (Lipinski definition) is 2. The van der Waals surface area contributed by atoms with E-state index in [4.69, 9.17) is 16.3 Å². The summed E-state index contributed by atoms with van der Waals surface area (Å²) in [6.07, 6.45) is 0. The number of aromatic nitrogens is 5. The van der Waals surface area contributed by atoms with Gasteiger partial charge in [0, 0.05) is 0 Å². The largest absolute Gasteiger partial charge is 0.461 e.